The normalized spacial score (nSPS) is 13.8. The number of hydrogen-bond acceptors (Lipinski definition) is 3. The van der Waals surface area contributed by atoms with Crippen molar-refractivity contribution in [3.8, 4) is 0 Å². The first-order chi connectivity index (χ1) is 9.25. The van der Waals surface area contributed by atoms with Crippen LogP contribution in [-0.2, 0) is 16.6 Å². The average molecular weight is 298 g/mol. The molecule has 0 aliphatic heterocycles. The van der Waals surface area contributed by atoms with E-state index in [1.165, 1.54) is 4.31 Å². The second-order valence-electron chi connectivity index (χ2n) is 5.34. The SMILES string of the molecule is CCC(C)N(C)S(=O)(=O)c1cc(CNC)cc(C)c1C. The van der Waals surface area contributed by atoms with Crippen LogP contribution in [0.4, 0.5) is 0 Å². The molecule has 0 aromatic heterocycles. The molecule has 1 aromatic carbocycles. The Balaban J connectivity index is 3.37. The minimum absolute atomic E-state index is 0.00679. The summed E-state index contributed by atoms with van der Waals surface area (Å²) in [6.07, 6.45) is 0.796. The Labute approximate surface area is 123 Å². The lowest BCUT2D eigenvalue weighted by atomic mass is 10.1. The largest absolute Gasteiger partial charge is 0.316 e. The lowest BCUT2D eigenvalue weighted by Gasteiger charge is -2.25. The summed E-state index contributed by atoms with van der Waals surface area (Å²) in [6, 6.07) is 3.81. The molecule has 1 N–H and O–H groups in total. The zero-order valence-corrected chi connectivity index (χ0v) is 14.1. The highest BCUT2D eigenvalue weighted by molar-refractivity contribution is 7.89. The Morgan fingerprint density at radius 3 is 2.40 bits per heavy atom. The monoisotopic (exact) mass is 298 g/mol. The Morgan fingerprint density at radius 1 is 1.30 bits per heavy atom. The number of benzene rings is 1. The summed E-state index contributed by atoms with van der Waals surface area (Å²) in [6.45, 7) is 8.41. The van der Waals surface area contributed by atoms with Crippen LogP contribution in [0.2, 0.25) is 0 Å². The van der Waals surface area contributed by atoms with Gasteiger partial charge in [-0.3, -0.25) is 0 Å². The molecule has 114 valence electrons. The van der Waals surface area contributed by atoms with Crippen LogP contribution in [-0.4, -0.2) is 32.9 Å². The van der Waals surface area contributed by atoms with Crippen molar-refractivity contribution in [2.24, 2.45) is 0 Å². The van der Waals surface area contributed by atoms with Crippen molar-refractivity contribution < 1.29 is 8.42 Å². The predicted octanol–water partition coefficient (Wildman–Crippen LogP) is 2.44. The van der Waals surface area contributed by atoms with Crippen molar-refractivity contribution in [1.82, 2.24) is 9.62 Å². The van der Waals surface area contributed by atoms with Gasteiger partial charge >= 0.3 is 0 Å². The van der Waals surface area contributed by atoms with E-state index in [-0.39, 0.29) is 6.04 Å². The molecule has 5 heteroatoms. The highest BCUT2D eigenvalue weighted by atomic mass is 32.2. The highest BCUT2D eigenvalue weighted by Gasteiger charge is 2.26. The molecule has 1 unspecified atom stereocenters. The van der Waals surface area contributed by atoms with Crippen molar-refractivity contribution in [3.05, 3.63) is 28.8 Å². The van der Waals surface area contributed by atoms with E-state index in [1.807, 2.05) is 40.8 Å². The molecule has 1 atom stereocenters. The molecule has 0 amide bonds. The van der Waals surface area contributed by atoms with Gasteiger partial charge in [0, 0.05) is 19.6 Å². The molecule has 0 fully saturated rings. The molecule has 1 rings (SSSR count). The summed E-state index contributed by atoms with van der Waals surface area (Å²) >= 11 is 0. The molecule has 20 heavy (non-hydrogen) atoms. The molecule has 0 aliphatic carbocycles. The number of nitrogens with one attached hydrogen (secondary N) is 1. The van der Waals surface area contributed by atoms with Crippen LogP contribution in [0.1, 0.15) is 37.0 Å². The topological polar surface area (TPSA) is 49.4 Å². The van der Waals surface area contributed by atoms with Gasteiger partial charge in [-0.15, -0.1) is 0 Å². The zero-order chi connectivity index (χ0) is 15.5. The van der Waals surface area contributed by atoms with Crippen LogP contribution in [0.25, 0.3) is 0 Å². The third-order valence-corrected chi connectivity index (χ3v) is 6.03. The van der Waals surface area contributed by atoms with Gasteiger partial charge in [0.25, 0.3) is 0 Å². The van der Waals surface area contributed by atoms with Crippen LogP contribution in [0.5, 0.6) is 0 Å². The van der Waals surface area contributed by atoms with Gasteiger partial charge in [-0.25, -0.2) is 8.42 Å². The van der Waals surface area contributed by atoms with E-state index >= 15 is 0 Å². The van der Waals surface area contributed by atoms with Crippen LogP contribution in [0.15, 0.2) is 17.0 Å². The van der Waals surface area contributed by atoms with E-state index < -0.39 is 10.0 Å². The fourth-order valence-corrected chi connectivity index (χ4v) is 3.90. The standard InChI is InChI=1S/C15H26N2O2S/c1-7-12(3)17(6)20(18,19)15-9-14(10-16-5)8-11(2)13(15)4/h8-9,12,16H,7,10H2,1-6H3. The maximum atomic E-state index is 12.8. The fraction of sp³-hybridized carbons (Fsp3) is 0.600. The zero-order valence-electron chi connectivity index (χ0n) is 13.3. The van der Waals surface area contributed by atoms with E-state index in [2.05, 4.69) is 5.32 Å². The summed E-state index contributed by atoms with van der Waals surface area (Å²) in [5.74, 6) is 0. The second-order valence-corrected chi connectivity index (χ2v) is 7.31. The molecule has 0 radical (unpaired) electrons. The lowest BCUT2D eigenvalue weighted by molar-refractivity contribution is 0.380. The number of hydrogen-bond donors (Lipinski definition) is 1. The predicted molar refractivity (Wildman–Crippen MR) is 83.4 cm³/mol. The number of aryl methyl sites for hydroxylation is 1. The molecule has 0 spiro atoms. The molecular formula is C15H26N2O2S. The summed E-state index contributed by atoms with van der Waals surface area (Å²) in [5, 5.41) is 3.06. The molecule has 1 aromatic rings. The van der Waals surface area contributed by atoms with Crippen molar-refractivity contribution in [1.29, 1.82) is 0 Å². The van der Waals surface area contributed by atoms with Gasteiger partial charge in [0.2, 0.25) is 10.0 Å². The lowest BCUT2D eigenvalue weighted by Crippen LogP contribution is -2.35. The van der Waals surface area contributed by atoms with Crippen molar-refractivity contribution in [3.63, 3.8) is 0 Å². The minimum Gasteiger partial charge on any atom is -0.316 e. The Hall–Kier alpha value is -0.910. The first kappa shape index (κ1) is 17.1. The Morgan fingerprint density at radius 2 is 1.90 bits per heavy atom. The van der Waals surface area contributed by atoms with Gasteiger partial charge in [-0.1, -0.05) is 13.0 Å². The first-order valence-electron chi connectivity index (χ1n) is 6.98. The van der Waals surface area contributed by atoms with Crippen molar-refractivity contribution in [2.45, 2.75) is 51.6 Å². The quantitative estimate of drug-likeness (QED) is 0.877. The van der Waals surface area contributed by atoms with Gasteiger partial charge in [-0.05, 0) is 57.0 Å². The van der Waals surface area contributed by atoms with Crippen LogP contribution in [0.3, 0.4) is 0 Å². The third kappa shape index (κ3) is 3.40. The Kier molecular flexibility index (Phi) is 5.74. The molecule has 0 saturated heterocycles. The van der Waals surface area contributed by atoms with Crippen molar-refractivity contribution >= 4 is 10.0 Å². The first-order valence-corrected chi connectivity index (χ1v) is 8.42. The van der Waals surface area contributed by atoms with Gasteiger partial charge in [0.1, 0.15) is 0 Å². The molecule has 0 aliphatic rings. The van der Waals surface area contributed by atoms with Crippen LogP contribution >= 0.6 is 0 Å². The Bertz CT molecular complexity index is 567. The maximum Gasteiger partial charge on any atom is 0.243 e. The van der Waals surface area contributed by atoms with Crippen LogP contribution in [0, 0.1) is 13.8 Å². The second kappa shape index (κ2) is 6.70. The minimum atomic E-state index is -3.44. The molecule has 0 bridgehead atoms. The third-order valence-electron chi connectivity index (χ3n) is 3.93. The molecule has 0 saturated carbocycles. The van der Waals surface area contributed by atoms with E-state index in [0.29, 0.717) is 11.4 Å². The highest BCUT2D eigenvalue weighted by Crippen LogP contribution is 2.25. The van der Waals surface area contributed by atoms with Gasteiger partial charge in [0.15, 0.2) is 0 Å². The number of nitrogens with zero attached hydrogens (tertiary/aromatic N) is 1. The molecule has 4 nitrogen and oxygen atoms in total. The van der Waals surface area contributed by atoms with Crippen LogP contribution < -0.4 is 5.32 Å². The maximum absolute atomic E-state index is 12.8. The molecule has 0 heterocycles. The molecular weight excluding hydrogens is 272 g/mol. The van der Waals surface area contributed by atoms with E-state index in [9.17, 15) is 8.42 Å². The summed E-state index contributed by atoms with van der Waals surface area (Å²) in [5.41, 5.74) is 2.83. The van der Waals surface area contributed by atoms with E-state index in [4.69, 9.17) is 0 Å². The van der Waals surface area contributed by atoms with E-state index in [1.54, 1.807) is 13.1 Å². The fourth-order valence-electron chi connectivity index (χ4n) is 2.12. The average Bonchev–Trinajstić information content (AvgIpc) is 2.40. The van der Waals surface area contributed by atoms with Gasteiger partial charge < -0.3 is 5.32 Å². The summed E-state index contributed by atoms with van der Waals surface area (Å²) < 4.78 is 27.0. The number of rotatable bonds is 6. The summed E-state index contributed by atoms with van der Waals surface area (Å²) in [7, 11) is 0.0728. The van der Waals surface area contributed by atoms with Gasteiger partial charge in [-0.2, -0.15) is 4.31 Å². The smallest absolute Gasteiger partial charge is 0.243 e. The number of sulfonamides is 1. The summed E-state index contributed by atoms with van der Waals surface area (Å²) in [4.78, 5) is 0.422. The van der Waals surface area contributed by atoms with Gasteiger partial charge in [0.05, 0.1) is 4.90 Å². The van der Waals surface area contributed by atoms with Crippen molar-refractivity contribution in [2.75, 3.05) is 14.1 Å². The van der Waals surface area contributed by atoms with E-state index in [0.717, 1.165) is 23.1 Å².